The quantitative estimate of drug-likeness (QED) is 0.898. The van der Waals surface area contributed by atoms with Crippen LogP contribution in [0.1, 0.15) is 11.1 Å². The number of rotatable bonds is 5. The molecule has 1 amide bonds. The molecule has 2 heterocycles. The van der Waals surface area contributed by atoms with Gasteiger partial charge in [-0.2, -0.15) is 0 Å². The molecule has 2 atom stereocenters. The van der Waals surface area contributed by atoms with Crippen LogP contribution in [0.25, 0.3) is 0 Å². The van der Waals surface area contributed by atoms with E-state index in [1.807, 2.05) is 36.4 Å². The van der Waals surface area contributed by atoms with Crippen molar-refractivity contribution in [2.45, 2.75) is 19.2 Å². The molecule has 2 aromatic rings. The second-order valence-corrected chi connectivity index (χ2v) is 6.72. The van der Waals surface area contributed by atoms with Crippen molar-refractivity contribution in [2.75, 3.05) is 13.1 Å². The zero-order valence-electron chi connectivity index (χ0n) is 14.3. The Hall–Kier alpha value is -2.73. The lowest BCUT2D eigenvalue weighted by atomic mass is 10.0. The fourth-order valence-electron chi connectivity index (χ4n) is 3.51. The summed E-state index contributed by atoms with van der Waals surface area (Å²) in [4.78, 5) is 20.1. The molecule has 1 saturated heterocycles. The summed E-state index contributed by atoms with van der Waals surface area (Å²) in [5.74, 6) is -0.464. The molecule has 2 aliphatic heterocycles. The molecule has 134 valence electrons. The summed E-state index contributed by atoms with van der Waals surface area (Å²) >= 11 is 0. The van der Waals surface area contributed by atoms with E-state index in [1.54, 1.807) is 6.07 Å². The van der Waals surface area contributed by atoms with Crippen LogP contribution in [0.3, 0.4) is 0 Å². The number of carbonyl (C=O) groups excluding carboxylic acids is 1. The summed E-state index contributed by atoms with van der Waals surface area (Å²) in [6, 6.07) is 16.3. The molecule has 1 fully saturated rings. The van der Waals surface area contributed by atoms with E-state index in [2.05, 4.69) is 15.4 Å². The van der Waals surface area contributed by atoms with Gasteiger partial charge in [0.15, 0.2) is 5.71 Å². The maximum absolute atomic E-state index is 13.3. The van der Waals surface area contributed by atoms with Gasteiger partial charge in [-0.3, -0.25) is 9.69 Å². The Balaban J connectivity index is 1.34. The van der Waals surface area contributed by atoms with Gasteiger partial charge in [0.1, 0.15) is 11.9 Å². The van der Waals surface area contributed by atoms with Crippen LogP contribution in [0.4, 0.5) is 4.39 Å². The minimum atomic E-state index is -0.235. The highest BCUT2D eigenvalue weighted by Crippen LogP contribution is 2.28. The number of fused-ring (bicyclic) bond motifs is 1. The molecular weight excluding hydrogens is 333 g/mol. The minimum Gasteiger partial charge on any atom is -0.390 e. The summed E-state index contributed by atoms with van der Waals surface area (Å²) in [6.45, 7) is 2.45. The Labute approximate surface area is 151 Å². The van der Waals surface area contributed by atoms with Gasteiger partial charge in [0.2, 0.25) is 0 Å². The molecule has 2 aromatic carbocycles. The van der Waals surface area contributed by atoms with E-state index >= 15 is 0 Å². The monoisotopic (exact) mass is 353 g/mol. The SMILES string of the molecule is O=C(NCc1ccccc1)C1=NO[C@@H]2CN(Cc3cccc(F)c3)C[C@H]12. The third kappa shape index (κ3) is 3.60. The van der Waals surface area contributed by atoms with Crippen molar-refractivity contribution in [1.82, 2.24) is 10.2 Å². The van der Waals surface area contributed by atoms with Crippen LogP contribution in [0.2, 0.25) is 0 Å². The van der Waals surface area contributed by atoms with Gasteiger partial charge in [0.05, 0.1) is 5.92 Å². The Morgan fingerprint density at radius 2 is 1.96 bits per heavy atom. The third-order valence-electron chi connectivity index (χ3n) is 4.80. The molecule has 0 radical (unpaired) electrons. The number of nitrogens with zero attached hydrogens (tertiary/aromatic N) is 2. The predicted molar refractivity (Wildman–Crippen MR) is 95.8 cm³/mol. The molecule has 0 bridgehead atoms. The summed E-state index contributed by atoms with van der Waals surface area (Å²) in [5.41, 5.74) is 2.40. The smallest absolute Gasteiger partial charge is 0.269 e. The summed E-state index contributed by atoms with van der Waals surface area (Å²) in [5, 5.41) is 6.91. The van der Waals surface area contributed by atoms with Crippen molar-refractivity contribution in [3.63, 3.8) is 0 Å². The topological polar surface area (TPSA) is 53.9 Å². The van der Waals surface area contributed by atoms with Crippen molar-refractivity contribution in [1.29, 1.82) is 0 Å². The van der Waals surface area contributed by atoms with Gasteiger partial charge in [-0.05, 0) is 23.3 Å². The molecular formula is C20H20FN3O2. The number of hydrogen-bond acceptors (Lipinski definition) is 4. The fraction of sp³-hybridized carbons (Fsp3) is 0.300. The number of carbonyl (C=O) groups is 1. The normalized spacial score (nSPS) is 21.8. The van der Waals surface area contributed by atoms with Crippen LogP contribution in [0, 0.1) is 11.7 Å². The standard InChI is InChI=1S/C20H20FN3O2/c21-16-8-4-7-15(9-16)11-24-12-17-18(13-24)26-23-19(17)20(25)22-10-14-5-2-1-3-6-14/h1-9,17-18H,10-13H2,(H,22,25)/t17-,18+/m0/s1. The van der Waals surface area contributed by atoms with Crippen molar-refractivity contribution in [3.05, 3.63) is 71.5 Å². The van der Waals surface area contributed by atoms with E-state index in [9.17, 15) is 9.18 Å². The van der Waals surface area contributed by atoms with Gasteiger partial charge < -0.3 is 10.2 Å². The van der Waals surface area contributed by atoms with Crippen LogP contribution in [0.15, 0.2) is 59.8 Å². The maximum atomic E-state index is 13.3. The highest BCUT2D eigenvalue weighted by atomic mass is 19.1. The van der Waals surface area contributed by atoms with E-state index in [0.717, 1.165) is 11.1 Å². The predicted octanol–water partition coefficient (Wildman–Crippen LogP) is 2.33. The average molecular weight is 353 g/mol. The zero-order chi connectivity index (χ0) is 17.9. The molecule has 0 saturated carbocycles. The van der Waals surface area contributed by atoms with E-state index in [1.165, 1.54) is 12.1 Å². The van der Waals surface area contributed by atoms with E-state index < -0.39 is 0 Å². The lowest BCUT2D eigenvalue weighted by molar-refractivity contribution is -0.115. The van der Waals surface area contributed by atoms with Gasteiger partial charge in [-0.1, -0.05) is 47.6 Å². The lowest BCUT2D eigenvalue weighted by Crippen LogP contribution is -2.36. The summed E-state index contributed by atoms with van der Waals surface area (Å²) in [6.07, 6.45) is -0.110. The van der Waals surface area contributed by atoms with Crippen LogP contribution >= 0.6 is 0 Å². The first-order valence-electron chi connectivity index (χ1n) is 8.71. The van der Waals surface area contributed by atoms with Crippen molar-refractivity contribution < 1.29 is 14.0 Å². The number of hydrogen-bond donors (Lipinski definition) is 1. The lowest BCUT2D eigenvalue weighted by Gasteiger charge is -2.16. The van der Waals surface area contributed by atoms with Gasteiger partial charge in [-0.15, -0.1) is 0 Å². The summed E-state index contributed by atoms with van der Waals surface area (Å²) in [7, 11) is 0. The van der Waals surface area contributed by atoms with Crippen molar-refractivity contribution in [2.24, 2.45) is 11.1 Å². The molecule has 5 nitrogen and oxygen atoms in total. The fourth-order valence-corrected chi connectivity index (χ4v) is 3.51. The number of benzene rings is 2. The number of halogens is 1. The molecule has 6 heteroatoms. The second kappa shape index (κ2) is 7.25. The molecule has 4 rings (SSSR count). The second-order valence-electron chi connectivity index (χ2n) is 6.72. The molecule has 2 aliphatic rings. The van der Waals surface area contributed by atoms with Gasteiger partial charge >= 0.3 is 0 Å². The number of likely N-dealkylation sites (tertiary alicyclic amines) is 1. The van der Waals surface area contributed by atoms with E-state index in [-0.39, 0.29) is 23.7 Å². The number of nitrogens with one attached hydrogen (secondary N) is 1. The largest absolute Gasteiger partial charge is 0.390 e. The Kier molecular flexibility index (Phi) is 4.67. The Morgan fingerprint density at radius 1 is 1.15 bits per heavy atom. The Bertz CT molecular complexity index is 825. The molecule has 0 spiro atoms. The maximum Gasteiger partial charge on any atom is 0.269 e. The molecule has 0 unspecified atom stereocenters. The van der Waals surface area contributed by atoms with Crippen molar-refractivity contribution >= 4 is 11.6 Å². The molecule has 26 heavy (non-hydrogen) atoms. The Morgan fingerprint density at radius 3 is 2.77 bits per heavy atom. The first kappa shape index (κ1) is 16.7. The van der Waals surface area contributed by atoms with E-state index in [4.69, 9.17) is 4.84 Å². The number of oxime groups is 1. The zero-order valence-corrected chi connectivity index (χ0v) is 14.3. The van der Waals surface area contributed by atoms with Gasteiger partial charge in [0.25, 0.3) is 5.91 Å². The van der Waals surface area contributed by atoms with Gasteiger partial charge in [-0.25, -0.2) is 4.39 Å². The van der Waals surface area contributed by atoms with Crippen LogP contribution in [-0.4, -0.2) is 35.7 Å². The minimum absolute atomic E-state index is 0.0423. The highest BCUT2D eigenvalue weighted by molar-refractivity contribution is 6.40. The van der Waals surface area contributed by atoms with Crippen LogP contribution in [-0.2, 0) is 22.7 Å². The molecule has 0 aromatic heterocycles. The summed E-state index contributed by atoms with van der Waals surface area (Å²) < 4.78 is 13.3. The molecule has 0 aliphatic carbocycles. The first-order valence-corrected chi connectivity index (χ1v) is 8.71. The van der Waals surface area contributed by atoms with E-state index in [0.29, 0.717) is 31.9 Å². The molecule has 1 N–H and O–H groups in total. The average Bonchev–Trinajstić information content (AvgIpc) is 3.20. The van der Waals surface area contributed by atoms with Crippen LogP contribution in [0.5, 0.6) is 0 Å². The van der Waals surface area contributed by atoms with Gasteiger partial charge in [0, 0.05) is 26.2 Å². The number of amides is 1. The van der Waals surface area contributed by atoms with Crippen LogP contribution < -0.4 is 5.32 Å². The third-order valence-corrected chi connectivity index (χ3v) is 4.80. The van der Waals surface area contributed by atoms with Crippen molar-refractivity contribution in [3.8, 4) is 0 Å². The highest BCUT2D eigenvalue weighted by Gasteiger charge is 2.44. The first-order chi connectivity index (χ1) is 12.7.